The maximum Gasteiger partial charge on any atom is 0.193 e. The molecule has 2 aromatic carbocycles. The van der Waals surface area contributed by atoms with Crippen LogP contribution in [0.5, 0.6) is 0 Å². The molecule has 5 heteroatoms. The number of aromatic nitrogens is 2. The van der Waals surface area contributed by atoms with Crippen molar-refractivity contribution in [2.45, 2.75) is 33.1 Å². The molecule has 4 aromatic rings. The molecule has 0 unspecified atom stereocenters. The van der Waals surface area contributed by atoms with E-state index in [-0.39, 0.29) is 11.2 Å². The lowest BCUT2D eigenvalue weighted by atomic mass is 10.1. The summed E-state index contributed by atoms with van der Waals surface area (Å²) in [7, 11) is 0. The standard InChI is InChI=1S/C26H25N3O2/c1-3-4-15-22(30)21-16-18(2)25-23(31)17-24(27-19-11-7-5-8-12-19)29(26(25)28-21)20-13-9-6-10-14-20/h5-14,16-17,27H,3-4,15H2,1-2H3. The van der Waals surface area contributed by atoms with E-state index < -0.39 is 0 Å². The fourth-order valence-corrected chi connectivity index (χ4v) is 3.71. The van der Waals surface area contributed by atoms with E-state index in [0.717, 1.165) is 29.8 Å². The zero-order valence-electron chi connectivity index (χ0n) is 17.8. The first-order valence-electron chi connectivity index (χ1n) is 10.6. The molecule has 0 amide bonds. The van der Waals surface area contributed by atoms with Crippen molar-refractivity contribution in [3.63, 3.8) is 0 Å². The summed E-state index contributed by atoms with van der Waals surface area (Å²) in [6.07, 6.45) is 2.21. The minimum absolute atomic E-state index is 0.000308. The number of hydrogen-bond acceptors (Lipinski definition) is 4. The van der Waals surface area contributed by atoms with E-state index in [1.54, 1.807) is 12.1 Å². The van der Waals surface area contributed by atoms with Gasteiger partial charge in [0.25, 0.3) is 0 Å². The van der Waals surface area contributed by atoms with Crippen LogP contribution >= 0.6 is 0 Å². The summed E-state index contributed by atoms with van der Waals surface area (Å²) >= 11 is 0. The van der Waals surface area contributed by atoms with Gasteiger partial charge in [-0.2, -0.15) is 0 Å². The smallest absolute Gasteiger partial charge is 0.193 e. The van der Waals surface area contributed by atoms with Crippen molar-refractivity contribution in [3.05, 3.63) is 94.3 Å². The van der Waals surface area contributed by atoms with Crippen LogP contribution in [0.3, 0.4) is 0 Å². The molecule has 0 radical (unpaired) electrons. The summed E-state index contributed by atoms with van der Waals surface area (Å²) in [6.45, 7) is 3.92. The SMILES string of the molecule is CCCCC(=O)c1cc(C)c2c(=O)cc(Nc3ccccc3)n(-c3ccccc3)c2n1. The molecule has 2 heterocycles. The first-order chi connectivity index (χ1) is 15.1. The molecule has 0 aliphatic rings. The van der Waals surface area contributed by atoms with Crippen LogP contribution in [0.4, 0.5) is 11.5 Å². The number of nitrogens with zero attached hydrogens (tertiary/aromatic N) is 2. The van der Waals surface area contributed by atoms with Crippen molar-refractivity contribution >= 4 is 28.3 Å². The number of carbonyl (C=O) groups excluding carboxylic acids is 1. The average Bonchev–Trinajstić information content (AvgIpc) is 2.78. The van der Waals surface area contributed by atoms with Crippen LogP contribution in [0.15, 0.2) is 77.6 Å². The number of ketones is 1. The monoisotopic (exact) mass is 411 g/mol. The van der Waals surface area contributed by atoms with Crippen LogP contribution in [-0.2, 0) is 0 Å². The molecule has 156 valence electrons. The molecule has 0 spiro atoms. The number of rotatable bonds is 7. The van der Waals surface area contributed by atoms with Crippen molar-refractivity contribution < 1.29 is 4.79 Å². The Bertz CT molecular complexity index is 1280. The molecule has 2 aromatic heterocycles. The van der Waals surface area contributed by atoms with E-state index in [1.165, 1.54) is 0 Å². The van der Waals surface area contributed by atoms with E-state index in [1.807, 2.05) is 72.2 Å². The first kappa shape index (κ1) is 20.5. The summed E-state index contributed by atoms with van der Waals surface area (Å²) in [5, 5.41) is 3.87. The quantitative estimate of drug-likeness (QED) is 0.390. The number of anilines is 2. The van der Waals surface area contributed by atoms with Gasteiger partial charge in [0.2, 0.25) is 0 Å². The highest BCUT2D eigenvalue weighted by molar-refractivity contribution is 5.97. The van der Waals surface area contributed by atoms with Crippen molar-refractivity contribution in [1.29, 1.82) is 0 Å². The summed E-state index contributed by atoms with van der Waals surface area (Å²) < 4.78 is 1.91. The van der Waals surface area contributed by atoms with Crippen LogP contribution in [-0.4, -0.2) is 15.3 Å². The minimum atomic E-state index is -0.127. The van der Waals surface area contributed by atoms with Gasteiger partial charge < -0.3 is 5.32 Å². The van der Waals surface area contributed by atoms with Crippen molar-refractivity contribution in [3.8, 4) is 5.69 Å². The number of carbonyl (C=O) groups is 1. The summed E-state index contributed by atoms with van der Waals surface area (Å²) in [6, 6.07) is 22.8. The van der Waals surface area contributed by atoms with Gasteiger partial charge in [0.15, 0.2) is 16.9 Å². The molecule has 0 saturated carbocycles. The lowest BCUT2D eigenvalue weighted by Crippen LogP contribution is -2.16. The van der Waals surface area contributed by atoms with Crippen molar-refractivity contribution in [1.82, 2.24) is 9.55 Å². The zero-order valence-corrected chi connectivity index (χ0v) is 17.8. The van der Waals surface area contributed by atoms with Crippen LogP contribution in [0, 0.1) is 6.92 Å². The number of Topliss-reactive ketones (excluding diaryl/α,β-unsaturated/α-hetero) is 1. The molecule has 0 bridgehead atoms. The third-order valence-corrected chi connectivity index (χ3v) is 5.27. The molecule has 5 nitrogen and oxygen atoms in total. The molecule has 4 rings (SSSR count). The fraction of sp³-hybridized carbons (Fsp3) is 0.192. The van der Waals surface area contributed by atoms with Gasteiger partial charge in [0.05, 0.1) is 5.39 Å². The van der Waals surface area contributed by atoms with Gasteiger partial charge in [0.1, 0.15) is 11.5 Å². The van der Waals surface area contributed by atoms with Gasteiger partial charge in [-0.15, -0.1) is 0 Å². The molecule has 31 heavy (non-hydrogen) atoms. The average molecular weight is 412 g/mol. The Hall–Kier alpha value is -3.73. The Balaban J connectivity index is 1.99. The molecule has 0 aliphatic carbocycles. The summed E-state index contributed by atoms with van der Waals surface area (Å²) in [5.74, 6) is 0.597. The Morgan fingerprint density at radius 3 is 2.35 bits per heavy atom. The molecule has 0 atom stereocenters. The minimum Gasteiger partial charge on any atom is -0.341 e. The van der Waals surface area contributed by atoms with Gasteiger partial charge in [0, 0.05) is 23.9 Å². The Morgan fingerprint density at radius 2 is 1.68 bits per heavy atom. The first-order valence-corrected chi connectivity index (χ1v) is 10.6. The van der Waals surface area contributed by atoms with E-state index in [0.29, 0.717) is 29.0 Å². The third kappa shape index (κ3) is 4.26. The number of benzene rings is 2. The Kier molecular flexibility index (Phi) is 5.94. The number of pyridine rings is 2. The number of hydrogen-bond donors (Lipinski definition) is 1. The number of aryl methyl sites for hydroxylation is 1. The van der Waals surface area contributed by atoms with Crippen LogP contribution < -0.4 is 10.7 Å². The second-order valence-corrected chi connectivity index (χ2v) is 7.61. The third-order valence-electron chi connectivity index (χ3n) is 5.27. The lowest BCUT2D eigenvalue weighted by molar-refractivity contribution is 0.0975. The Labute approximate surface area is 181 Å². The van der Waals surface area contributed by atoms with E-state index >= 15 is 0 Å². The number of fused-ring (bicyclic) bond motifs is 1. The second kappa shape index (κ2) is 8.96. The largest absolute Gasteiger partial charge is 0.341 e. The highest BCUT2D eigenvalue weighted by Gasteiger charge is 2.18. The molecule has 1 N–H and O–H groups in total. The molecule has 0 aliphatic heterocycles. The molecular formula is C26H25N3O2. The van der Waals surface area contributed by atoms with Crippen LogP contribution in [0.25, 0.3) is 16.7 Å². The maximum absolute atomic E-state index is 13.1. The zero-order chi connectivity index (χ0) is 21.8. The highest BCUT2D eigenvalue weighted by Crippen LogP contribution is 2.26. The van der Waals surface area contributed by atoms with E-state index in [9.17, 15) is 9.59 Å². The van der Waals surface area contributed by atoms with Crippen LogP contribution in [0.2, 0.25) is 0 Å². The van der Waals surface area contributed by atoms with Crippen molar-refractivity contribution in [2.24, 2.45) is 0 Å². The number of nitrogens with one attached hydrogen (secondary N) is 1. The van der Waals surface area contributed by atoms with Crippen LogP contribution in [0.1, 0.15) is 42.2 Å². The van der Waals surface area contributed by atoms with E-state index in [2.05, 4.69) is 12.2 Å². The van der Waals surface area contributed by atoms with Gasteiger partial charge in [-0.05, 0) is 49.2 Å². The predicted molar refractivity (Wildman–Crippen MR) is 126 cm³/mol. The molecule has 0 saturated heterocycles. The van der Waals surface area contributed by atoms with Gasteiger partial charge in [-0.25, -0.2) is 4.98 Å². The van der Waals surface area contributed by atoms with Gasteiger partial charge in [-0.1, -0.05) is 49.7 Å². The van der Waals surface area contributed by atoms with Gasteiger partial charge in [-0.3, -0.25) is 14.2 Å². The second-order valence-electron chi connectivity index (χ2n) is 7.61. The van der Waals surface area contributed by atoms with Crippen molar-refractivity contribution in [2.75, 3.05) is 5.32 Å². The normalized spacial score (nSPS) is 10.9. The fourth-order valence-electron chi connectivity index (χ4n) is 3.71. The topological polar surface area (TPSA) is 64.0 Å². The Morgan fingerprint density at radius 1 is 1.00 bits per heavy atom. The lowest BCUT2D eigenvalue weighted by Gasteiger charge is -2.19. The number of para-hydroxylation sites is 2. The van der Waals surface area contributed by atoms with Gasteiger partial charge >= 0.3 is 0 Å². The van der Waals surface area contributed by atoms with E-state index in [4.69, 9.17) is 4.98 Å². The summed E-state index contributed by atoms with van der Waals surface area (Å²) in [4.78, 5) is 30.5. The highest BCUT2D eigenvalue weighted by atomic mass is 16.1. The molecular weight excluding hydrogens is 386 g/mol. The summed E-state index contributed by atoms with van der Waals surface area (Å²) in [5.41, 5.74) is 3.23. The molecule has 0 fully saturated rings. The maximum atomic E-state index is 13.1. The predicted octanol–water partition coefficient (Wildman–Crippen LogP) is 5.81. The number of unbranched alkanes of at least 4 members (excludes halogenated alkanes) is 1.